The number of sulfonamides is 1. The Morgan fingerprint density at radius 3 is 2.81 bits per heavy atom. The third-order valence-electron chi connectivity index (χ3n) is 6.46. The monoisotopic (exact) mass is 412 g/mol. The first-order chi connectivity index (χ1) is 12.7. The van der Waals surface area contributed by atoms with Gasteiger partial charge >= 0.3 is 0 Å². The molecule has 2 bridgehead atoms. The van der Waals surface area contributed by atoms with E-state index in [0.717, 1.165) is 37.8 Å². The van der Waals surface area contributed by atoms with Gasteiger partial charge in [-0.05, 0) is 55.2 Å². The molecule has 1 aromatic rings. The number of halogens is 1. The van der Waals surface area contributed by atoms with Gasteiger partial charge in [0.05, 0.1) is 11.5 Å². The molecule has 7 heteroatoms. The molecule has 0 heterocycles. The molecule has 0 radical (unpaired) electrons. The number of anilines is 1. The topological polar surface area (TPSA) is 67.8 Å². The van der Waals surface area contributed by atoms with Crippen molar-refractivity contribution in [2.24, 2.45) is 21.9 Å². The van der Waals surface area contributed by atoms with Crippen molar-refractivity contribution >= 4 is 33.0 Å². The van der Waals surface area contributed by atoms with Gasteiger partial charge in [-0.2, -0.15) is 0 Å². The van der Waals surface area contributed by atoms with E-state index in [4.69, 9.17) is 16.4 Å². The minimum absolute atomic E-state index is 0.0198. The SMILES string of the molecule is CCCCON=C1CC2CCC1(CS(=O)(=O)Nc1cccc(Cl)c1)C2(C)C. The standard InChI is InChI=1S/C20H29ClN2O3S/c1-4-5-11-26-22-18-12-15-9-10-20(18,19(15,2)3)14-27(24,25)23-17-8-6-7-16(21)13-17/h6-8,13,15,23H,4-5,9-12,14H2,1-3H3. The summed E-state index contributed by atoms with van der Waals surface area (Å²) < 4.78 is 28.7. The summed E-state index contributed by atoms with van der Waals surface area (Å²) in [5, 5.41) is 4.92. The molecule has 0 amide bonds. The first-order valence-electron chi connectivity index (χ1n) is 9.65. The molecule has 1 aromatic carbocycles. The zero-order valence-corrected chi connectivity index (χ0v) is 17.9. The average molecular weight is 413 g/mol. The Morgan fingerprint density at radius 2 is 2.15 bits per heavy atom. The maximum Gasteiger partial charge on any atom is 0.233 e. The molecular weight excluding hydrogens is 384 g/mol. The number of unbranched alkanes of at least 4 members (excludes halogenated alkanes) is 1. The zero-order chi connectivity index (χ0) is 19.7. The lowest BCUT2D eigenvalue weighted by atomic mass is 9.70. The van der Waals surface area contributed by atoms with E-state index >= 15 is 0 Å². The van der Waals surface area contributed by atoms with E-state index < -0.39 is 15.4 Å². The first-order valence-corrected chi connectivity index (χ1v) is 11.7. The highest BCUT2D eigenvalue weighted by atomic mass is 35.5. The fraction of sp³-hybridized carbons (Fsp3) is 0.650. The predicted octanol–water partition coefficient (Wildman–Crippen LogP) is 5.08. The van der Waals surface area contributed by atoms with Crippen molar-refractivity contribution in [1.29, 1.82) is 0 Å². The highest BCUT2D eigenvalue weighted by Gasteiger charge is 2.64. The third kappa shape index (κ3) is 3.97. The van der Waals surface area contributed by atoms with E-state index in [-0.39, 0.29) is 11.2 Å². The highest BCUT2D eigenvalue weighted by Crippen LogP contribution is 2.64. The molecule has 2 atom stereocenters. The van der Waals surface area contributed by atoms with Crippen LogP contribution in [0.3, 0.4) is 0 Å². The van der Waals surface area contributed by atoms with Crippen LogP contribution in [-0.4, -0.2) is 26.5 Å². The molecule has 2 saturated carbocycles. The molecule has 5 nitrogen and oxygen atoms in total. The number of nitrogens with one attached hydrogen (secondary N) is 1. The van der Waals surface area contributed by atoms with Crippen LogP contribution >= 0.6 is 11.6 Å². The van der Waals surface area contributed by atoms with E-state index in [0.29, 0.717) is 23.2 Å². The van der Waals surface area contributed by atoms with Gasteiger partial charge in [0, 0.05) is 16.1 Å². The second-order valence-corrected chi connectivity index (χ2v) is 10.5. The Hall–Kier alpha value is -1.27. The first kappa shape index (κ1) is 20.5. The van der Waals surface area contributed by atoms with Gasteiger partial charge in [0.1, 0.15) is 6.61 Å². The maximum absolute atomic E-state index is 13.0. The van der Waals surface area contributed by atoms with Crippen LogP contribution in [-0.2, 0) is 14.9 Å². The van der Waals surface area contributed by atoms with Gasteiger partial charge in [-0.1, -0.05) is 50.0 Å². The van der Waals surface area contributed by atoms with Crippen molar-refractivity contribution in [1.82, 2.24) is 0 Å². The number of benzene rings is 1. The molecule has 150 valence electrons. The Labute approximate surface area is 167 Å². The van der Waals surface area contributed by atoms with Gasteiger partial charge in [-0.3, -0.25) is 4.72 Å². The minimum Gasteiger partial charge on any atom is -0.396 e. The smallest absolute Gasteiger partial charge is 0.233 e. The molecule has 2 fully saturated rings. The molecule has 2 aliphatic rings. The summed E-state index contributed by atoms with van der Waals surface area (Å²) in [6.07, 6.45) is 4.68. The minimum atomic E-state index is -3.56. The van der Waals surface area contributed by atoms with Gasteiger partial charge in [0.2, 0.25) is 10.0 Å². The largest absolute Gasteiger partial charge is 0.396 e. The summed E-state index contributed by atoms with van der Waals surface area (Å²) in [7, 11) is -3.56. The lowest BCUT2D eigenvalue weighted by Gasteiger charge is -2.37. The lowest BCUT2D eigenvalue weighted by molar-refractivity contribution is 0.133. The van der Waals surface area contributed by atoms with Crippen LogP contribution in [0.2, 0.25) is 5.02 Å². The van der Waals surface area contributed by atoms with Crippen molar-refractivity contribution in [3.63, 3.8) is 0 Å². The Morgan fingerprint density at radius 1 is 1.37 bits per heavy atom. The van der Waals surface area contributed by atoms with E-state index in [1.807, 2.05) is 0 Å². The van der Waals surface area contributed by atoms with Crippen LogP contribution in [0.5, 0.6) is 0 Å². The van der Waals surface area contributed by atoms with Gasteiger partial charge in [-0.25, -0.2) is 8.42 Å². The molecule has 0 aliphatic heterocycles. The molecule has 0 saturated heterocycles. The molecule has 0 spiro atoms. The van der Waals surface area contributed by atoms with Gasteiger partial charge < -0.3 is 4.84 Å². The average Bonchev–Trinajstić information content (AvgIpc) is 2.92. The quantitative estimate of drug-likeness (QED) is 0.478. The second-order valence-electron chi connectivity index (χ2n) is 8.34. The van der Waals surface area contributed by atoms with Crippen LogP contribution in [0.1, 0.15) is 52.9 Å². The number of oxime groups is 1. The molecule has 0 aromatic heterocycles. The highest BCUT2D eigenvalue weighted by molar-refractivity contribution is 7.92. The van der Waals surface area contributed by atoms with Crippen molar-refractivity contribution in [2.75, 3.05) is 17.1 Å². The number of nitrogens with zero attached hydrogens (tertiary/aromatic N) is 1. The van der Waals surface area contributed by atoms with Crippen LogP contribution in [0.25, 0.3) is 0 Å². The predicted molar refractivity (Wildman–Crippen MR) is 111 cm³/mol. The van der Waals surface area contributed by atoms with E-state index in [1.165, 1.54) is 0 Å². The van der Waals surface area contributed by atoms with Crippen molar-refractivity contribution < 1.29 is 13.3 Å². The van der Waals surface area contributed by atoms with Crippen molar-refractivity contribution in [3.8, 4) is 0 Å². The summed E-state index contributed by atoms with van der Waals surface area (Å²) in [6.45, 7) is 7.03. The van der Waals surface area contributed by atoms with E-state index in [2.05, 4.69) is 30.6 Å². The molecule has 1 N–H and O–H groups in total. The normalized spacial score (nSPS) is 27.9. The summed E-state index contributed by atoms with van der Waals surface area (Å²) in [5.41, 5.74) is 0.801. The summed E-state index contributed by atoms with van der Waals surface area (Å²) in [5.74, 6) is 0.471. The third-order valence-corrected chi connectivity index (χ3v) is 8.12. The molecule has 27 heavy (non-hydrogen) atoms. The fourth-order valence-electron chi connectivity index (χ4n) is 4.69. The maximum atomic E-state index is 13.0. The van der Waals surface area contributed by atoms with Crippen LogP contribution in [0.4, 0.5) is 5.69 Å². The Bertz CT molecular complexity index is 822. The molecule has 3 rings (SSSR count). The number of rotatable bonds is 8. The zero-order valence-electron chi connectivity index (χ0n) is 16.3. The second kappa shape index (κ2) is 7.63. The molecule has 2 unspecified atom stereocenters. The van der Waals surface area contributed by atoms with Gasteiger partial charge in [0.15, 0.2) is 0 Å². The summed E-state index contributed by atoms with van der Waals surface area (Å²) in [4.78, 5) is 5.53. The number of hydrogen-bond acceptors (Lipinski definition) is 4. The molecule has 2 aliphatic carbocycles. The Balaban J connectivity index is 1.84. The van der Waals surface area contributed by atoms with Crippen LogP contribution in [0.15, 0.2) is 29.4 Å². The molecular formula is C20H29ClN2O3S. The summed E-state index contributed by atoms with van der Waals surface area (Å²) in [6, 6.07) is 6.79. The van der Waals surface area contributed by atoms with Crippen LogP contribution in [0, 0.1) is 16.7 Å². The van der Waals surface area contributed by atoms with Crippen molar-refractivity contribution in [2.45, 2.75) is 52.9 Å². The van der Waals surface area contributed by atoms with Crippen LogP contribution < -0.4 is 4.72 Å². The number of fused-ring (bicyclic) bond motifs is 2. The Kier molecular flexibility index (Phi) is 5.78. The lowest BCUT2D eigenvalue weighted by Crippen LogP contribution is -2.43. The van der Waals surface area contributed by atoms with E-state index in [9.17, 15) is 8.42 Å². The summed E-state index contributed by atoms with van der Waals surface area (Å²) >= 11 is 5.99. The van der Waals surface area contributed by atoms with Gasteiger partial charge in [0.25, 0.3) is 0 Å². The van der Waals surface area contributed by atoms with Gasteiger partial charge in [-0.15, -0.1) is 0 Å². The number of hydrogen-bond donors (Lipinski definition) is 1. The van der Waals surface area contributed by atoms with E-state index in [1.54, 1.807) is 24.3 Å². The van der Waals surface area contributed by atoms with Crippen molar-refractivity contribution in [3.05, 3.63) is 29.3 Å². The fourth-order valence-corrected chi connectivity index (χ4v) is 6.77.